The van der Waals surface area contributed by atoms with Crippen molar-refractivity contribution < 1.29 is 9.59 Å². The summed E-state index contributed by atoms with van der Waals surface area (Å²) >= 11 is 0. The number of nitrogens with one attached hydrogen (secondary N) is 1. The van der Waals surface area contributed by atoms with Crippen molar-refractivity contribution in [2.24, 2.45) is 17.8 Å². The second-order valence-electron chi connectivity index (χ2n) is 7.35. The molecule has 4 nitrogen and oxygen atoms in total. The van der Waals surface area contributed by atoms with Crippen molar-refractivity contribution in [3.8, 4) is 0 Å². The molecule has 3 atom stereocenters. The number of hydrogen-bond acceptors (Lipinski definition) is 2. The molecule has 124 valence electrons. The standard InChI is InChI=1S/C19H26N2O2/c1-12-5-4-6-21(11-12)19(23)17-10-16(17)18(22)20-15-8-13(2)7-14(3)9-15/h7-9,12,16-17H,4-6,10-11H2,1-3H3,(H,20,22). The van der Waals surface area contributed by atoms with Gasteiger partial charge in [0.2, 0.25) is 11.8 Å². The lowest BCUT2D eigenvalue weighted by atomic mass is 10.00. The predicted molar refractivity (Wildman–Crippen MR) is 91.1 cm³/mol. The molecule has 1 aliphatic carbocycles. The Kier molecular flexibility index (Phi) is 4.42. The number of carbonyl (C=O) groups is 2. The van der Waals surface area contributed by atoms with Crippen LogP contribution in [0.2, 0.25) is 0 Å². The van der Waals surface area contributed by atoms with Gasteiger partial charge in [-0.1, -0.05) is 13.0 Å². The fraction of sp³-hybridized carbons (Fsp3) is 0.579. The highest BCUT2D eigenvalue weighted by Gasteiger charge is 2.49. The molecule has 2 fully saturated rings. The highest BCUT2D eigenvalue weighted by atomic mass is 16.2. The number of piperidine rings is 1. The molecule has 1 heterocycles. The van der Waals surface area contributed by atoms with Gasteiger partial charge in [-0.3, -0.25) is 9.59 Å². The summed E-state index contributed by atoms with van der Waals surface area (Å²) in [4.78, 5) is 26.9. The summed E-state index contributed by atoms with van der Waals surface area (Å²) in [6.45, 7) is 7.93. The molecule has 3 rings (SSSR count). The maximum Gasteiger partial charge on any atom is 0.228 e. The molecule has 1 saturated heterocycles. The molecule has 4 heteroatoms. The molecule has 3 unspecified atom stereocenters. The van der Waals surface area contributed by atoms with Crippen LogP contribution in [0.25, 0.3) is 0 Å². The largest absolute Gasteiger partial charge is 0.342 e. The summed E-state index contributed by atoms with van der Waals surface area (Å²) in [5, 5.41) is 2.97. The minimum atomic E-state index is -0.152. The van der Waals surface area contributed by atoms with E-state index in [2.05, 4.69) is 18.3 Å². The Bertz CT molecular complexity index is 606. The van der Waals surface area contributed by atoms with E-state index in [1.807, 2.05) is 30.9 Å². The summed E-state index contributed by atoms with van der Waals surface area (Å²) < 4.78 is 0. The summed E-state index contributed by atoms with van der Waals surface area (Å²) in [7, 11) is 0. The number of aryl methyl sites for hydroxylation is 2. The van der Waals surface area contributed by atoms with E-state index in [1.165, 1.54) is 6.42 Å². The average Bonchev–Trinajstić information content (AvgIpc) is 3.25. The Morgan fingerprint density at radius 3 is 2.48 bits per heavy atom. The van der Waals surface area contributed by atoms with Gasteiger partial charge >= 0.3 is 0 Å². The van der Waals surface area contributed by atoms with Gasteiger partial charge in [0, 0.05) is 18.8 Å². The third kappa shape index (κ3) is 3.74. The van der Waals surface area contributed by atoms with Crippen LogP contribution < -0.4 is 5.32 Å². The number of anilines is 1. The van der Waals surface area contributed by atoms with Gasteiger partial charge in [0.1, 0.15) is 0 Å². The second kappa shape index (κ2) is 6.34. The maximum absolute atomic E-state index is 12.5. The normalized spacial score (nSPS) is 26.7. The van der Waals surface area contributed by atoms with Crippen LogP contribution in [0.5, 0.6) is 0 Å². The van der Waals surface area contributed by atoms with Crippen molar-refractivity contribution >= 4 is 17.5 Å². The Balaban J connectivity index is 1.57. The lowest BCUT2D eigenvalue weighted by Crippen LogP contribution is -2.40. The van der Waals surface area contributed by atoms with E-state index < -0.39 is 0 Å². The van der Waals surface area contributed by atoms with E-state index in [-0.39, 0.29) is 23.7 Å². The lowest BCUT2D eigenvalue weighted by molar-refractivity contribution is -0.135. The van der Waals surface area contributed by atoms with Gasteiger partial charge in [0.15, 0.2) is 0 Å². The highest BCUT2D eigenvalue weighted by Crippen LogP contribution is 2.41. The molecular weight excluding hydrogens is 288 g/mol. The highest BCUT2D eigenvalue weighted by molar-refractivity contribution is 5.99. The van der Waals surface area contributed by atoms with Crippen LogP contribution in [0.15, 0.2) is 18.2 Å². The van der Waals surface area contributed by atoms with Crippen LogP contribution in [0.3, 0.4) is 0 Å². The monoisotopic (exact) mass is 314 g/mol. The van der Waals surface area contributed by atoms with Gasteiger partial charge in [0.25, 0.3) is 0 Å². The van der Waals surface area contributed by atoms with E-state index in [9.17, 15) is 9.59 Å². The molecule has 2 aliphatic rings. The summed E-state index contributed by atoms with van der Waals surface area (Å²) in [6, 6.07) is 6.02. The van der Waals surface area contributed by atoms with Crippen molar-refractivity contribution in [1.29, 1.82) is 0 Å². The number of carbonyl (C=O) groups excluding carboxylic acids is 2. The fourth-order valence-electron chi connectivity index (χ4n) is 3.66. The summed E-state index contributed by atoms with van der Waals surface area (Å²) in [6.07, 6.45) is 2.98. The van der Waals surface area contributed by atoms with Crippen molar-refractivity contribution in [2.75, 3.05) is 18.4 Å². The fourth-order valence-corrected chi connectivity index (χ4v) is 3.66. The van der Waals surface area contributed by atoms with Crippen LogP contribution in [0, 0.1) is 31.6 Å². The minimum absolute atomic E-state index is 0.0154. The van der Waals surface area contributed by atoms with Gasteiger partial charge in [-0.15, -0.1) is 0 Å². The number of nitrogens with zero attached hydrogens (tertiary/aromatic N) is 1. The third-order valence-corrected chi connectivity index (χ3v) is 4.90. The van der Waals surface area contributed by atoms with Crippen LogP contribution in [0.1, 0.15) is 37.3 Å². The number of hydrogen-bond donors (Lipinski definition) is 1. The van der Waals surface area contributed by atoms with Crippen molar-refractivity contribution in [3.63, 3.8) is 0 Å². The first-order valence-corrected chi connectivity index (χ1v) is 8.62. The Hall–Kier alpha value is -1.84. The van der Waals surface area contributed by atoms with Gasteiger partial charge in [-0.25, -0.2) is 0 Å². The Labute approximate surface area is 138 Å². The van der Waals surface area contributed by atoms with E-state index in [1.54, 1.807) is 0 Å². The molecule has 0 bridgehead atoms. The van der Waals surface area contributed by atoms with Crippen LogP contribution in [-0.4, -0.2) is 29.8 Å². The van der Waals surface area contributed by atoms with E-state index in [4.69, 9.17) is 0 Å². The lowest BCUT2D eigenvalue weighted by Gasteiger charge is -2.31. The van der Waals surface area contributed by atoms with E-state index in [0.29, 0.717) is 12.3 Å². The third-order valence-electron chi connectivity index (χ3n) is 4.90. The molecule has 1 N–H and O–H groups in total. The first-order valence-electron chi connectivity index (χ1n) is 8.62. The predicted octanol–water partition coefficient (Wildman–Crippen LogP) is 3.14. The molecule has 1 aromatic rings. The topological polar surface area (TPSA) is 49.4 Å². The first-order chi connectivity index (χ1) is 10.9. The summed E-state index contributed by atoms with van der Waals surface area (Å²) in [5.74, 6) is 0.483. The van der Waals surface area contributed by atoms with Crippen molar-refractivity contribution in [3.05, 3.63) is 29.3 Å². The Morgan fingerprint density at radius 1 is 1.13 bits per heavy atom. The average molecular weight is 314 g/mol. The number of rotatable bonds is 3. The molecule has 1 saturated carbocycles. The van der Waals surface area contributed by atoms with Crippen molar-refractivity contribution in [1.82, 2.24) is 4.90 Å². The van der Waals surface area contributed by atoms with Crippen molar-refractivity contribution in [2.45, 2.75) is 40.0 Å². The van der Waals surface area contributed by atoms with Gasteiger partial charge in [0.05, 0.1) is 11.8 Å². The smallest absolute Gasteiger partial charge is 0.228 e. The molecular formula is C19H26N2O2. The molecule has 1 aromatic carbocycles. The zero-order chi connectivity index (χ0) is 16.6. The zero-order valence-electron chi connectivity index (χ0n) is 14.3. The molecule has 0 spiro atoms. The number of benzene rings is 1. The van der Waals surface area contributed by atoms with Crippen LogP contribution >= 0.6 is 0 Å². The molecule has 0 aromatic heterocycles. The Morgan fingerprint density at radius 2 is 1.83 bits per heavy atom. The maximum atomic E-state index is 12.5. The van der Waals surface area contributed by atoms with Gasteiger partial charge in [-0.05, 0) is 62.3 Å². The molecule has 2 amide bonds. The number of likely N-dealkylation sites (tertiary alicyclic amines) is 1. The van der Waals surface area contributed by atoms with E-state index >= 15 is 0 Å². The van der Waals surface area contributed by atoms with Gasteiger partial charge in [-0.2, -0.15) is 0 Å². The van der Waals surface area contributed by atoms with Crippen LogP contribution in [-0.2, 0) is 9.59 Å². The second-order valence-corrected chi connectivity index (χ2v) is 7.35. The number of amides is 2. The van der Waals surface area contributed by atoms with Crippen LogP contribution in [0.4, 0.5) is 5.69 Å². The molecule has 23 heavy (non-hydrogen) atoms. The van der Waals surface area contributed by atoms with E-state index in [0.717, 1.165) is 36.3 Å². The molecule has 0 radical (unpaired) electrons. The van der Waals surface area contributed by atoms with Gasteiger partial charge < -0.3 is 10.2 Å². The first kappa shape index (κ1) is 16.0. The molecule has 1 aliphatic heterocycles. The quantitative estimate of drug-likeness (QED) is 0.932. The SMILES string of the molecule is Cc1cc(C)cc(NC(=O)C2CC2C(=O)N2CCCC(C)C2)c1. The zero-order valence-corrected chi connectivity index (χ0v) is 14.3. The minimum Gasteiger partial charge on any atom is -0.342 e. The summed E-state index contributed by atoms with van der Waals surface area (Å²) in [5.41, 5.74) is 3.09.